The summed E-state index contributed by atoms with van der Waals surface area (Å²) in [7, 11) is 0. The summed E-state index contributed by atoms with van der Waals surface area (Å²) < 4.78 is 10.6. The molecule has 24 heavy (non-hydrogen) atoms. The summed E-state index contributed by atoms with van der Waals surface area (Å²) in [5, 5.41) is 10.2. The predicted octanol–water partition coefficient (Wildman–Crippen LogP) is 3.95. The van der Waals surface area contributed by atoms with E-state index in [1.54, 1.807) is 30.3 Å². The van der Waals surface area contributed by atoms with Crippen molar-refractivity contribution in [1.29, 1.82) is 0 Å². The second kappa shape index (κ2) is 6.58. The van der Waals surface area contributed by atoms with Gasteiger partial charge in [-0.05, 0) is 55.8 Å². The summed E-state index contributed by atoms with van der Waals surface area (Å²) in [5.41, 5.74) is 2.02. The number of aliphatic hydroxyl groups excluding tert-OH is 1. The van der Waals surface area contributed by atoms with E-state index in [9.17, 15) is 9.90 Å². The lowest BCUT2D eigenvalue weighted by atomic mass is 10.1. The Kier molecular flexibility index (Phi) is 4.33. The van der Waals surface area contributed by atoms with Crippen LogP contribution in [0.15, 0.2) is 51.7 Å². The number of aromatic nitrogens is 1. The van der Waals surface area contributed by atoms with Crippen LogP contribution in [0.3, 0.4) is 0 Å². The minimum atomic E-state index is -0.594. The minimum absolute atomic E-state index is 0.0551. The Hall–Kier alpha value is -3.08. The van der Waals surface area contributed by atoms with E-state index >= 15 is 0 Å². The maximum atomic E-state index is 12.0. The molecule has 0 aliphatic carbocycles. The molecule has 0 aliphatic heterocycles. The van der Waals surface area contributed by atoms with Gasteiger partial charge in [-0.1, -0.05) is 6.07 Å². The molecule has 122 valence electrons. The molecule has 0 spiro atoms. The predicted molar refractivity (Wildman–Crippen MR) is 93.1 cm³/mol. The van der Waals surface area contributed by atoms with Gasteiger partial charge < -0.3 is 14.3 Å². The summed E-state index contributed by atoms with van der Waals surface area (Å²) >= 11 is 0. The highest BCUT2D eigenvalue weighted by molar-refractivity contribution is 5.78. The molecule has 1 N–H and O–H groups in total. The van der Waals surface area contributed by atoms with Gasteiger partial charge in [-0.3, -0.25) is 0 Å². The van der Waals surface area contributed by atoms with E-state index in [4.69, 9.17) is 9.15 Å². The van der Waals surface area contributed by atoms with Crippen LogP contribution in [-0.4, -0.2) is 16.7 Å². The molecule has 0 saturated heterocycles. The van der Waals surface area contributed by atoms with Gasteiger partial charge in [0.1, 0.15) is 17.0 Å². The van der Waals surface area contributed by atoms with Crippen LogP contribution in [0.5, 0.6) is 5.75 Å². The molecule has 1 aromatic heterocycles. The molecule has 3 rings (SSSR count). The van der Waals surface area contributed by atoms with Crippen molar-refractivity contribution in [1.82, 2.24) is 4.98 Å². The van der Waals surface area contributed by atoms with Crippen molar-refractivity contribution in [2.24, 2.45) is 0 Å². The van der Waals surface area contributed by atoms with Gasteiger partial charge in [0, 0.05) is 11.6 Å². The Bertz CT molecular complexity index is 955. The highest BCUT2D eigenvalue weighted by atomic mass is 16.5. The second-order valence-electron chi connectivity index (χ2n) is 5.34. The summed E-state index contributed by atoms with van der Waals surface area (Å²) in [5.74, 6) is 0.651. The number of fused-ring (bicyclic) bond motifs is 1. The van der Waals surface area contributed by atoms with Crippen LogP contribution >= 0.6 is 0 Å². The van der Waals surface area contributed by atoms with Crippen LogP contribution < -0.4 is 10.4 Å². The summed E-state index contributed by atoms with van der Waals surface area (Å²) in [6.07, 6.45) is 1.31. The van der Waals surface area contributed by atoms with E-state index < -0.39 is 5.63 Å². The van der Waals surface area contributed by atoms with E-state index in [1.165, 1.54) is 6.08 Å². The van der Waals surface area contributed by atoms with E-state index in [2.05, 4.69) is 4.98 Å². The zero-order chi connectivity index (χ0) is 17.1. The van der Waals surface area contributed by atoms with Crippen LogP contribution in [-0.2, 0) is 0 Å². The molecule has 5 heteroatoms. The highest BCUT2D eigenvalue weighted by Crippen LogP contribution is 2.19. The molecule has 0 atom stereocenters. The van der Waals surface area contributed by atoms with E-state index in [-0.39, 0.29) is 11.5 Å². The largest absolute Gasteiger partial charge is 0.507 e. The molecular formula is C19H17NO4. The van der Waals surface area contributed by atoms with Gasteiger partial charge in [-0.25, -0.2) is 9.78 Å². The summed E-state index contributed by atoms with van der Waals surface area (Å²) in [6.45, 7) is 4.40. The van der Waals surface area contributed by atoms with Gasteiger partial charge in [0.2, 0.25) is 0 Å². The first-order valence-electron chi connectivity index (χ1n) is 7.62. The smallest absolute Gasteiger partial charge is 0.362 e. The molecule has 0 radical (unpaired) electrons. The van der Waals surface area contributed by atoms with Gasteiger partial charge >= 0.3 is 5.63 Å². The van der Waals surface area contributed by atoms with E-state index in [0.29, 0.717) is 29.0 Å². The topological polar surface area (TPSA) is 72.6 Å². The fourth-order valence-electron chi connectivity index (χ4n) is 2.32. The number of ether oxygens (including phenoxy) is 1. The number of rotatable bonds is 4. The Morgan fingerprint density at radius 3 is 2.71 bits per heavy atom. The summed E-state index contributed by atoms with van der Waals surface area (Å²) in [4.78, 5) is 16.3. The van der Waals surface area contributed by atoms with Crippen LogP contribution in [0.2, 0.25) is 0 Å². The van der Waals surface area contributed by atoms with Crippen molar-refractivity contribution in [3.63, 3.8) is 0 Å². The van der Waals surface area contributed by atoms with Gasteiger partial charge in [0.25, 0.3) is 0 Å². The second-order valence-corrected chi connectivity index (χ2v) is 5.34. The molecule has 0 saturated carbocycles. The lowest BCUT2D eigenvalue weighted by Gasteiger charge is -2.04. The number of hydrogen-bond acceptors (Lipinski definition) is 5. The van der Waals surface area contributed by atoms with Crippen LogP contribution in [0.25, 0.3) is 22.9 Å². The summed E-state index contributed by atoms with van der Waals surface area (Å²) in [6, 6.07) is 12.3. The number of hydrogen-bond donors (Lipinski definition) is 1. The maximum absolute atomic E-state index is 12.0. The van der Waals surface area contributed by atoms with Gasteiger partial charge in [-0.2, -0.15) is 0 Å². The highest BCUT2D eigenvalue weighted by Gasteiger charge is 2.08. The standard InChI is InChI=1S/C19H17NO4/c1-3-23-14-7-5-13(6-8-14)17(21)11-16-19(22)24-18-9-4-12(2)10-15(18)20-16/h4-11,21H,3H2,1-2H3/b17-11-. The monoisotopic (exact) mass is 323 g/mol. The normalized spacial score (nSPS) is 11.7. The van der Waals surface area contributed by atoms with Crippen molar-refractivity contribution in [2.45, 2.75) is 13.8 Å². The number of nitrogens with zero attached hydrogens (tertiary/aromatic N) is 1. The van der Waals surface area contributed by atoms with Crippen LogP contribution in [0, 0.1) is 6.92 Å². The molecule has 5 nitrogen and oxygen atoms in total. The molecule has 0 unspecified atom stereocenters. The van der Waals surface area contributed by atoms with Crippen molar-refractivity contribution in [3.05, 3.63) is 69.7 Å². The molecule has 0 aliphatic rings. The number of aryl methyl sites for hydroxylation is 1. The van der Waals surface area contributed by atoms with Crippen molar-refractivity contribution < 1.29 is 14.3 Å². The van der Waals surface area contributed by atoms with Crippen molar-refractivity contribution in [2.75, 3.05) is 6.61 Å². The molecule has 3 aromatic rings. The van der Waals surface area contributed by atoms with E-state index in [0.717, 1.165) is 5.56 Å². The average Bonchev–Trinajstić information content (AvgIpc) is 2.57. The third-order valence-electron chi connectivity index (χ3n) is 3.50. The first-order valence-corrected chi connectivity index (χ1v) is 7.62. The molecule has 2 aromatic carbocycles. The van der Waals surface area contributed by atoms with Crippen molar-refractivity contribution in [3.8, 4) is 5.75 Å². The number of aliphatic hydroxyl groups is 1. The first-order chi connectivity index (χ1) is 11.6. The molecule has 1 heterocycles. The molecule has 0 fully saturated rings. The van der Waals surface area contributed by atoms with Crippen LogP contribution in [0.1, 0.15) is 23.7 Å². The molecule has 0 amide bonds. The third-order valence-corrected chi connectivity index (χ3v) is 3.50. The fourth-order valence-corrected chi connectivity index (χ4v) is 2.32. The number of benzene rings is 2. The third kappa shape index (κ3) is 3.30. The Labute approximate surface area is 138 Å². The van der Waals surface area contributed by atoms with Crippen molar-refractivity contribution >= 4 is 22.9 Å². The van der Waals surface area contributed by atoms with Crippen LogP contribution in [0.4, 0.5) is 0 Å². The zero-order valence-electron chi connectivity index (χ0n) is 13.4. The molecule has 0 bridgehead atoms. The van der Waals surface area contributed by atoms with E-state index in [1.807, 2.05) is 26.0 Å². The Morgan fingerprint density at radius 2 is 2.00 bits per heavy atom. The minimum Gasteiger partial charge on any atom is -0.507 e. The Morgan fingerprint density at radius 1 is 1.25 bits per heavy atom. The SMILES string of the molecule is CCOc1ccc(/C(O)=C/c2nc3cc(C)ccc3oc2=O)cc1. The quantitative estimate of drug-likeness (QED) is 0.736. The fraction of sp³-hybridized carbons (Fsp3) is 0.158. The zero-order valence-corrected chi connectivity index (χ0v) is 13.4. The van der Waals surface area contributed by atoms with Gasteiger partial charge in [-0.15, -0.1) is 0 Å². The lowest BCUT2D eigenvalue weighted by Crippen LogP contribution is -2.06. The molecular weight excluding hydrogens is 306 g/mol. The lowest BCUT2D eigenvalue weighted by molar-refractivity contribution is 0.340. The maximum Gasteiger partial charge on any atom is 0.362 e. The van der Waals surface area contributed by atoms with Gasteiger partial charge in [0.05, 0.1) is 6.61 Å². The Balaban J connectivity index is 1.98. The van der Waals surface area contributed by atoms with Gasteiger partial charge in [0.15, 0.2) is 11.3 Å². The average molecular weight is 323 g/mol. The first kappa shape index (κ1) is 15.8.